The molecule has 4 rings (SSSR count). The molecule has 2 heterocycles. The Bertz CT molecular complexity index is 915. The lowest BCUT2D eigenvalue weighted by molar-refractivity contribution is 0.0773. The Morgan fingerprint density at radius 3 is 2.47 bits per heavy atom. The van der Waals surface area contributed by atoms with E-state index >= 15 is 0 Å². The van der Waals surface area contributed by atoms with Gasteiger partial charge in [-0.25, -0.2) is 0 Å². The van der Waals surface area contributed by atoms with Crippen molar-refractivity contribution in [3.05, 3.63) is 63.7 Å². The summed E-state index contributed by atoms with van der Waals surface area (Å²) in [7, 11) is 0. The van der Waals surface area contributed by atoms with Gasteiger partial charge >= 0.3 is 0 Å². The Morgan fingerprint density at radius 2 is 1.77 bits per heavy atom. The van der Waals surface area contributed by atoms with Crippen molar-refractivity contribution in [1.29, 1.82) is 0 Å². The van der Waals surface area contributed by atoms with E-state index in [1.807, 2.05) is 25.1 Å². The molecule has 2 unspecified atom stereocenters. The number of hydrogen-bond donors (Lipinski definition) is 1. The van der Waals surface area contributed by atoms with E-state index < -0.39 is 0 Å². The van der Waals surface area contributed by atoms with E-state index in [2.05, 4.69) is 47.2 Å². The molecule has 2 aliphatic rings. The zero-order chi connectivity index (χ0) is 21.3. The van der Waals surface area contributed by atoms with Crippen LogP contribution in [0.15, 0.2) is 36.4 Å². The van der Waals surface area contributed by atoms with Gasteiger partial charge in [-0.05, 0) is 80.5 Å². The molecule has 2 atom stereocenters. The van der Waals surface area contributed by atoms with E-state index in [4.69, 9.17) is 11.6 Å². The first-order valence-electron chi connectivity index (χ1n) is 11.0. The van der Waals surface area contributed by atoms with Gasteiger partial charge in [-0.15, -0.1) is 0 Å². The number of halogens is 1. The van der Waals surface area contributed by atoms with E-state index in [1.165, 1.54) is 5.56 Å². The quantitative estimate of drug-likeness (QED) is 0.677. The molecule has 4 nitrogen and oxygen atoms in total. The number of carbonyl (C=O) groups is 1. The highest BCUT2D eigenvalue weighted by molar-refractivity contribution is 6.31. The van der Waals surface area contributed by atoms with Gasteiger partial charge in [0.05, 0.1) is 0 Å². The molecule has 30 heavy (non-hydrogen) atoms. The van der Waals surface area contributed by atoms with Gasteiger partial charge in [-0.3, -0.25) is 4.79 Å². The molecule has 1 N–H and O–H groups in total. The van der Waals surface area contributed by atoms with Crippen molar-refractivity contribution < 1.29 is 4.79 Å². The van der Waals surface area contributed by atoms with Gasteiger partial charge in [0.2, 0.25) is 0 Å². The van der Waals surface area contributed by atoms with E-state index in [0.29, 0.717) is 11.8 Å². The molecule has 160 valence electrons. The van der Waals surface area contributed by atoms with Crippen LogP contribution in [0.3, 0.4) is 0 Å². The lowest BCUT2D eigenvalue weighted by Crippen LogP contribution is -2.34. The molecular weight excluding hydrogens is 394 g/mol. The second-order valence-corrected chi connectivity index (χ2v) is 9.39. The van der Waals surface area contributed by atoms with Crippen LogP contribution >= 0.6 is 11.6 Å². The van der Waals surface area contributed by atoms with Crippen molar-refractivity contribution in [3.8, 4) is 0 Å². The second kappa shape index (κ2) is 8.99. The van der Waals surface area contributed by atoms with Crippen LogP contribution in [0.25, 0.3) is 0 Å². The maximum Gasteiger partial charge on any atom is 0.254 e. The zero-order valence-corrected chi connectivity index (χ0v) is 19.0. The number of likely N-dealkylation sites (tertiary alicyclic amines) is 2. The number of rotatable bonds is 6. The van der Waals surface area contributed by atoms with Crippen LogP contribution in [0.1, 0.15) is 33.5 Å². The number of benzene rings is 2. The Labute approximate surface area is 185 Å². The molecule has 2 aliphatic heterocycles. The van der Waals surface area contributed by atoms with Gasteiger partial charge in [0.1, 0.15) is 0 Å². The molecule has 0 spiro atoms. The third-order valence-corrected chi connectivity index (χ3v) is 7.24. The summed E-state index contributed by atoms with van der Waals surface area (Å²) >= 11 is 6.20. The monoisotopic (exact) mass is 425 g/mol. The first kappa shape index (κ1) is 21.2. The average Bonchev–Trinajstić information content (AvgIpc) is 3.28. The van der Waals surface area contributed by atoms with Crippen LogP contribution in [0.4, 0.5) is 5.69 Å². The Kier molecular flexibility index (Phi) is 6.35. The summed E-state index contributed by atoms with van der Waals surface area (Å²) in [6.07, 6.45) is 1.11. The van der Waals surface area contributed by atoms with E-state index in [-0.39, 0.29) is 5.91 Å². The second-order valence-electron chi connectivity index (χ2n) is 8.98. The summed E-state index contributed by atoms with van der Waals surface area (Å²) in [4.78, 5) is 17.7. The van der Waals surface area contributed by atoms with Crippen molar-refractivity contribution >= 4 is 23.2 Å². The van der Waals surface area contributed by atoms with Crippen LogP contribution in [-0.4, -0.2) is 55.0 Å². The molecule has 0 radical (unpaired) electrons. The maximum atomic E-state index is 13.0. The van der Waals surface area contributed by atoms with Crippen LogP contribution in [-0.2, 0) is 0 Å². The van der Waals surface area contributed by atoms with Crippen molar-refractivity contribution in [1.82, 2.24) is 9.80 Å². The summed E-state index contributed by atoms with van der Waals surface area (Å²) in [5, 5.41) is 4.29. The third-order valence-electron chi connectivity index (χ3n) is 6.84. The first-order chi connectivity index (χ1) is 14.4. The molecule has 2 saturated heterocycles. The van der Waals surface area contributed by atoms with Crippen LogP contribution in [0, 0.1) is 32.6 Å². The van der Waals surface area contributed by atoms with Crippen molar-refractivity contribution in [2.24, 2.45) is 11.8 Å². The predicted octanol–water partition coefficient (Wildman–Crippen LogP) is 4.77. The Balaban J connectivity index is 1.22. The van der Waals surface area contributed by atoms with Crippen LogP contribution in [0.2, 0.25) is 5.02 Å². The van der Waals surface area contributed by atoms with E-state index in [9.17, 15) is 4.79 Å². The standard InChI is InChI=1S/C25H32ClN3O/c1-17-6-4-7-23(19(17)3)25(30)29-15-20-13-28(14-21(20)16-29)11-5-10-27-22-9-8-18(2)24(26)12-22/h4,6-9,12,20-21,27H,5,10-11,13-16H2,1-3H3. The summed E-state index contributed by atoms with van der Waals surface area (Å²) in [5.74, 6) is 1.43. The number of nitrogens with one attached hydrogen (secondary N) is 1. The molecule has 1 amide bonds. The minimum Gasteiger partial charge on any atom is -0.385 e. The molecule has 0 aliphatic carbocycles. The van der Waals surface area contributed by atoms with Gasteiger partial charge in [-0.2, -0.15) is 0 Å². The highest BCUT2D eigenvalue weighted by Crippen LogP contribution is 2.32. The van der Waals surface area contributed by atoms with E-state index in [0.717, 1.165) is 73.1 Å². The molecule has 2 fully saturated rings. The van der Waals surface area contributed by atoms with Crippen LogP contribution < -0.4 is 5.32 Å². The third kappa shape index (κ3) is 4.50. The van der Waals surface area contributed by atoms with E-state index in [1.54, 1.807) is 0 Å². The summed E-state index contributed by atoms with van der Waals surface area (Å²) in [6.45, 7) is 12.2. The maximum absolute atomic E-state index is 13.0. The highest BCUT2D eigenvalue weighted by Gasteiger charge is 2.41. The van der Waals surface area contributed by atoms with Gasteiger partial charge < -0.3 is 15.1 Å². The number of amides is 1. The largest absolute Gasteiger partial charge is 0.385 e. The van der Waals surface area contributed by atoms with Crippen molar-refractivity contribution in [3.63, 3.8) is 0 Å². The lowest BCUT2D eigenvalue weighted by atomic mass is 10.0. The van der Waals surface area contributed by atoms with Gasteiger partial charge in [-0.1, -0.05) is 29.8 Å². The number of nitrogens with zero attached hydrogens (tertiary/aromatic N) is 2. The Hall–Kier alpha value is -2.04. The SMILES string of the molecule is Cc1ccc(NCCCN2CC3CN(C(=O)c4cccc(C)c4C)CC3C2)cc1Cl. The lowest BCUT2D eigenvalue weighted by Gasteiger charge is -2.22. The number of anilines is 1. The molecule has 5 heteroatoms. The fourth-order valence-electron chi connectivity index (χ4n) is 4.83. The smallest absolute Gasteiger partial charge is 0.254 e. The van der Waals surface area contributed by atoms with Crippen molar-refractivity contribution in [2.75, 3.05) is 44.6 Å². The molecule has 0 saturated carbocycles. The van der Waals surface area contributed by atoms with Crippen LogP contribution in [0.5, 0.6) is 0 Å². The molecule has 0 aromatic heterocycles. The van der Waals surface area contributed by atoms with Gasteiger partial charge in [0.25, 0.3) is 5.91 Å². The van der Waals surface area contributed by atoms with Gasteiger partial charge in [0, 0.05) is 49.0 Å². The predicted molar refractivity (Wildman–Crippen MR) is 125 cm³/mol. The number of aryl methyl sites for hydroxylation is 2. The normalized spacial score (nSPS) is 21.1. The Morgan fingerprint density at radius 1 is 1.03 bits per heavy atom. The summed E-state index contributed by atoms with van der Waals surface area (Å²) in [5.41, 5.74) is 5.37. The summed E-state index contributed by atoms with van der Waals surface area (Å²) < 4.78 is 0. The minimum atomic E-state index is 0.207. The molecule has 2 aromatic carbocycles. The molecule has 0 bridgehead atoms. The topological polar surface area (TPSA) is 35.6 Å². The number of carbonyl (C=O) groups excluding carboxylic acids is 1. The summed E-state index contributed by atoms with van der Waals surface area (Å²) in [6, 6.07) is 12.2. The van der Waals surface area contributed by atoms with Gasteiger partial charge in [0.15, 0.2) is 0 Å². The number of hydrogen-bond acceptors (Lipinski definition) is 3. The highest BCUT2D eigenvalue weighted by atomic mass is 35.5. The minimum absolute atomic E-state index is 0.207. The fraction of sp³-hybridized carbons (Fsp3) is 0.480. The molecule has 2 aromatic rings. The fourth-order valence-corrected chi connectivity index (χ4v) is 5.01. The zero-order valence-electron chi connectivity index (χ0n) is 18.2. The first-order valence-corrected chi connectivity index (χ1v) is 11.4. The molecular formula is C25H32ClN3O. The number of fused-ring (bicyclic) bond motifs is 1. The average molecular weight is 426 g/mol. The van der Waals surface area contributed by atoms with Crippen molar-refractivity contribution in [2.45, 2.75) is 27.2 Å².